The van der Waals surface area contributed by atoms with Crippen molar-refractivity contribution < 1.29 is 9.59 Å². The van der Waals surface area contributed by atoms with Crippen LogP contribution in [0.1, 0.15) is 46.0 Å². The zero-order valence-corrected chi connectivity index (χ0v) is 13.9. The first-order valence-corrected chi connectivity index (χ1v) is 8.49. The van der Waals surface area contributed by atoms with E-state index in [-0.39, 0.29) is 18.0 Å². The van der Waals surface area contributed by atoms with Crippen molar-refractivity contribution in [1.29, 1.82) is 0 Å². The van der Waals surface area contributed by atoms with Gasteiger partial charge in [-0.15, -0.1) is 0 Å². The number of urea groups is 1. The van der Waals surface area contributed by atoms with Gasteiger partial charge >= 0.3 is 6.03 Å². The van der Waals surface area contributed by atoms with Gasteiger partial charge in [-0.05, 0) is 33.1 Å². The minimum absolute atomic E-state index is 0.0503. The summed E-state index contributed by atoms with van der Waals surface area (Å²) in [5.41, 5.74) is 0.974. The average molecular weight is 307 g/mol. The van der Waals surface area contributed by atoms with Gasteiger partial charge in [0.25, 0.3) is 0 Å². The molecule has 5 heteroatoms. The van der Waals surface area contributed by atoms with Gasteiger partial charge in [0.05, 0.1) is 0 Å². The molecule has 1 aliphatic carbocycles. The van der Waals surface area contributed by atoms with Crippen LogP contribution in [0.25, 0.3) is 0 Å². The molecular formula is C17H29N3O2. The molecule has 2 aliphatic rings. The van der Waals surface area contributed by atoms with E-state index in [1.165, 1.54) is 12.8 Å². The molecule has 22 heavy (non-hydrogen) atoms. The Hall–Kier alpha value is -1.52. The smallest absolute Gasteiger partial charge is 0.317 e. The van der Waals surface area contributed by atoms with Gasteiger partial charge in [-0.2, -0.15) is 0 Å². The number of nitrogens with zero attached hydrogens (tertiary/aromatic N) is 2. The lowest BCUT2D eigenvalue weighted by Crippen LogP contribution is -2.46. The third-order valence-electron chi connectivity index (χ3n) is 4.66. The van der Waals surface area contributed by atoms with Crippen LogP contribution in [0.2, 0.25) is 0 Å². The first kappa shape index (κ1) is 16.8. The van der Waals surface area contributed by atoms with Gasteiger partial charge in [-0.3, -0.25) is 4.79 Å². The molecule has 0 bridgehead atoms. The van der Waals surface area contributed by atoms with E-state index < -0.39 is 0 Å². The predicted molar refractivity (Wildman–Crippen MR) is 87.5 cm³/mol. The van der Waals surface area contributed by atoms with E-state index in [2.05, 4.69) is 11.9 Å². The summed E-state index contributed by atoms with van der Waals surface area (Å²) in [6.45, 7) is 10.4. The lowest BCUT2D eigenvalue weighted by Gasteiger charge is -2.24. The van der Waals surface area contributed by atoms with Gasteiger partial charge in [0.2, 0.25) is 5.91 Å². The maximum Gasteiger partial charge on any atom is 0.317 e. The lowest BCUT2D eigenvalue weighted by atomic mass is 10.1. The van der Waals surface area contributed by atoms with Gasteiger partial charge in [-0.25, -0.2) is 4.79 Å². The SMILES string of the molecule is C=C(C)CN(CC)C(=O)N[C@H]1CCN(C(=O)C2CCCC2)C1. The number of carbonyl (C=O) groups is 2. The van der Waals surface area contributed by atoms with E-state index in [1.807, 2.05) is 18.7 Å². The quantitative estimate of drug-likeness (QED) is 0.793. The fraction of sp³-hybridized carbons (Fsp3) is 0.765. The van der Waals surface area contributed by atoms with Crippen molar-refractivity contribution in [3.63, 3.8) is 0 Å². The van der Waals surface area contributed by atoms with Crippen LogP contribution in [0, 0.1) is 5.92 Å². The van der Waals surface area contributed by atoms with Crippen molar-refractivity contribution in [2.75, 3.05) is 26.2 Å². The zero-order chi connectivity index (χ0) is 16.1. The Balaban J connectivity index is 1.81. The second-order valence-corrected chi connectivity index (χ2v) is 6.67. The van der Waals surface area contributed by atoms with E-state index in [4.69, 9.17) is 0 Å². The van der Waals surface area contributed by atoms with Crippen molar-refractivity contribution in [1.82, 2.24) is 15.1 Å². The summed E-state index contributed by atoms with van der Waals surface area (Å²) < 4.78 is 0. The van der Waals surface area contributed by atoms with Crippen LogP contribution in [0.15, 0.2) is 12.2 Å². The van der Waals surface area contributed by atoms with E-state index >= 15 is 0 Å². The summed E-state index contributed by atoms with van der Waals surface area (Å²) in [6.07, 6.45) is 5.28. The second-order valence-electron chi connectivity index (χ2n) is 6.67. The predicted octanol–water partition coefficient (Wildman–Crippen LogP) is 2.39. The molecular weight excluding hydrogens is 278 g/mol. The van der Waals surface area contributed by atoms with Gasteiger partial charge in [0, 0.05) is 38.1 Å². The van der Waals surface area contributed by atoms with Crippen LogP contribution < -0.4 is 5.32 Å². The molecule has 1 aliphatic heterocycles. The molecule has 124 valence electrons. The minimum atomic E-state index is -0.0503. The molecule has 1 saturated carbocycles. The highest BCUT2D eigenvalue weighted by Crippen LogP contribution is 2.27. The maximum atomic E-state index is 12.4. The van der Waals surface area contributed by atoms with Crippen LogP contribution >= 0.6 is 0 Å². The lowest BCUT2D eigenvalue weighted by molar-refractivity contribution is -0.134. The third kappa shape index (κ3) is 4.24. The topological polar surface area (TPSA) is 52.7 Å². The Morgan fingerprint density at radius 3 is 2.55 bits per heavy atom. The first-order valence-electron chi connectivity index (χ1n) is 8.49. The van der Waals surface area contributed by atoms with E-state index in [0.717, 1.165) is 31.4 Å². The number of amides is 3. The van der Waals surface area contributed by atoms with Gasteiger partial charge in [-0.1, -0.05) is 25.0 Å². The molecule has 2 rings (SSSR count). The highest BCUT2D eigenvalue weighted by molar-refractivity contribution is 5.80. The van der Waals surface area contributed by atoms with Crippen LogP contribution in [-0.4, -0.2) is 54.0 Å². The van der Waals surface area contributed by atoms with Crippen molar-refractivity contribution in [3.05, 3.63) is 12.2 Å². The molecule has 0 unspecified atom stereocenters. The Kier molecular flexibility index (Phi) is 5.86. The number of rotatable bonds is 5. The first-order chi connectivity index (χ1) is 10.5. The molecule has 0 aromatic carbocycles. The summed E-state index contributed by atoms with van der Waals surface area (Å²) in [5.74, 6) is 0.522. The number of hydrogen-bond acceptors (Lipinski definition) is 2. The van der Waals surface area contributed by atoms with Gasteiger partial charge in [0.1, 0.15) is 0 Å². The van der Waals surface area contributed by atoms with Crippen molar-refractivity contribution in [2.24, 2.45) is 5.92 Å². The van der Waals surface area contributed by atoms with Crippen LogP contribution in [-0.2, 0) is 4.79 Å². The van der Waals surface area contributed by atoms with Crippen molar-refractivity contribution in [3.8, 4) is 0 Å². The number of likely N-dealkylation sites (tertiary alicyclic amines) is 1. The fourth-order valence-corrected chi connectivity index (χ4v) is 3.43. The molecule has 3 amide bonds. The molecule has 2 fully saturated rings. The summed E-state index contributed by atoms with van der Waals surface area (Å²) in [5, 5.41) is 3.06. The Morgan fingerprint density at radius 2 is 1.95 bits per heavy atom. The highest BCUT2D eigenvalue weighted by Gasteiger charge is 2.33. The third-order valence-corrected chi connectivity index (χ3v) is 4.66. The summed E-state index contributed by atoms with van der Waals surface area (Å²) >= 11 is 0. The van der Waals surface area contributed by atoms with Crippen LogP contribution in [0.5, 0.6) is 0 Å². The largest absolute Gasteiger partial charge is 0.340 e. The molecule has 0 aromatic heterocycles. The highest BCUT2D eigenvalue weighted by atomic mass is 16.2. The van der Waals surface area contributed by atoms with Gasteiger partial charge < -0.3 is 15.1 Å². The minimum Gasteiger partial charge on any atom is -0.340 e. The number of hydrogen-bond donors (Lipinski definition) is 1. The van der Waals surface area contributed by atoms with E-state index in [0.29, 0.717) is 25.5 Å². The van der Waals surface area contributed by atoms with E-state index in [1.54, 1.807) is 4.90 Å². The molecule has 5 nitrogen and oxygen atoms in total. The molecule has 0 aromatic rings. The molecule has 0 spiro atoms. The summed E-state index contributed by atoms with van der Waals surface area (Å²) in [4.78, 5) is 28.4. The summed E-state index contributed by atoms with van der Waals surface area (Å²) in [6, 6.07) is 0.0303. The number of carbonyl (C=O) groups excluding carboxylic acids is 2. The monoisotopic (exact) mass is 307 g/mol. The van der Waals surface area contributed by atoms with Crippen LogP contribution in [0.4, 0.5) is 4.79 Å². The Bertz CT molecular complexity index is 430. The summed E-state index contributed by atoms with van der Waals surface area (Å²) in [7, 11) is 0. The van der Waals surface area contributed by atoms with Crippen molar-refractivity contribution >= 4 is 11.9 Å². The van der Waals surface area contributed by atoms with Crippen LogP contribution in [0.3, 0.4) is 0 Å². The number of nitrogens with one attached hydrogen (secondary N) is 1. The van der Waals surface area contributed by atoms with Gasteiger partial charge in [0.15, 0.2) is 0 Å². The van der Waals surface area contributed by atoms with Crippen molar-refractivity contribution in [2.45, 2.75) is 52.0 Å². The number of likely N-dealkylation sites (N-methyl/N-ethyl adjacent to an activating group) is 1. The molecule has 1 saturated heterocycles. The molecule has 0 radical (unpaired) electrons. The normalized spacial score (nSPS) is 21.9. The second kappa shape index (κ2) is 7.65. The Morgan fingerprint density at radius 1 is 1.27 bits per heavy atom. The fourth-order valence-electron chi connectivity index (χ4n) is 3.43. The Labute approximate surface area is 133 Å². The standard InChI is InChI=1S/C17H29N3O2/c1-4-19(11-13(2)3)17(22)18-15-9-10-20(12-15)16(21)14-7-5-6-8-14/h14-15H,2,4-12H2,1,3H3,(H,18,22)/t15-/m0/s1. The average Bonchev–Trinajstić information content (AvgIpc) is 3.15. The molecule has 1 atom stereocenters. The maximum absolute atomic E-state index is 12.4. The van der Waals surface area contributed by atoms with E-state index in [9.17, 15) is 9.59 Å². The molecule has 1 N–H and O–H groups in total. The zero-order valence-electron chi connectivity index (χ0n) is 13.9. The molecule has 1 heterocycles.